The van der Waals surface area contributed by atoms with Crippen molar-refractivity contribution < 1.29 is 13.2 Å². The topological polar surface area (TPSA) is 46.6 Å². The molecule has 2 aromatic rings. The van der Waals surface area contributed by atoms with E-state index in [2.05, 4.69) is 0 Å². The molecule has 1 heterocycles. The molecule has 0 aliphatic carbocycles. The van der Waals surface area contributed by atoms with Crippen LogP contribution in [0.2, 0.25) is 0 Å². The van der Waals surface area contributed by atoms with Gasteiger partial charge in [0.25, 0.3) is 0 Å². The zero-order chi connectivity index (χ0) is 17.3. The summed E-state index contributed by atoms with van der Waals surface area (Å²) in [4.78, 5) is 0.422. The fourth-order valence-electron chi connectivity index (χ4n) is 3.19. The second-order valence-corrected chi connectivity index (χ2v) is 8.14. The molecule has 24 heavy (non-hydrogen) atoms. The molecule has 0 radical (unpaired) electrons. The molecular formula is C19H23NO3S. The smallest absolute Gasteiger partial charge is 0.243 e. The van der Waals surface area contributed by atoms with Gasteiger partial charge in [0.15, 0.2) is 0 Å². The average molecular weight is 345 g/mol. The van der Waals surface area contributed by atoms with E-state index in [-0.39, 0.29) is 0 Å². The number of rotatable bonds is 3. The molecule has 3 rings (SSSR count). The molecular weight excluding hydrogens is 322 g/mol. The van der Waals surface area contributed by atoms with Gasteiger partial charge >= 0.3 is 0 Å². The third-order valence-corrected chi connectivity index (χ3v) is 6.89. The first-order chi connectivity index (χ1) is 11.4. The van der Waals surface area contributed by atoms with Gasteiger partial charge in [0.1, 0.15) is 5.75 Å². The summed E-state index contributed by atoms with van der Waals surface area (Å²) in [6, 6.07) is 11.5. The van der Waals surface area contributed by atoms with Gasteiger partial charge in [0.05, 0.1) is 12.0 Å². The van der Waals surface area contributed by atoms with E-state index in [1.54, 1.807) is 17.5 Å². The van der Waals surface area contributed by atoms with E-state index in [9.17, 15) is 8.42 Å². The zero-order valence-corrected chi connectivity index (χ0v) is 15.2. The van der Waals surface area contributed by atoms with Gasteiger partial charge in [-0.1, -0.05) is 18.2 Å². The minimum atomic E-state index is -3.47. The molecule has 0 N–H and O–H groups in total. The second-order valence-electron chi connectivity index (χ2n) is 6.24. The van der Waals surface area contributed by atoms with Gasteiger partial charge in [-0.05, 0) is 67.1 Å². The Morgan fingerprint density at radius 1 is 1.00 bits per heavy atom. The lowest BCUT2D eigenvalue weighted by molar-refractivity contribution is 0.414. The highest BCUT2D eigenvalue weighted by atomic mass is 32.2. The number of hydrogen-bond donors (Lipinski definition) is 0. The van der Waals surface area contributed by atoms with Crippen LogP contribution in [0.15, 0.2) is 41.3 Å². The molecule has 0 amide bonds. The van der Waals surface area contributed by atoms with Gasteiger partial charge in [0, 0.05) is 13.1 Å². The number of sulfonamides is 1. The van der Waals surface area contributed by atoms with Crippen LogP contribution >= 0.6 is 0 Å². The summed E-state index contributed by atoms with van der Waals surface area (Å²) in [6.45, 7) is 4.82. The summed E-state index contributed by atoms with van der Waals surface area (Å²) >= 11 is 0. The maximum Gasteiger partial charge on any atom is 0.243 e. The van der Waals surface area contributed by atoms with Crippen molar-refractivity contribution in [1.82, 2.24) is 4.31 Å². The second kappa shape index (κ2) is 6.57. The highest BCUT2D eigenvalue weighted by Gasteiger charge is 2.28. The summed E-state index contributed by atoms with van der Waals surface area (Å²) < 4.78 is 33.1. The first kappa shape index (κ1) is 17.0. The number of benzene rings is 2. The van der Waals surface area contributed by atoms with Crippen LogP contribution in [0.25, 0.3) is 0 Å². The van der Waals surface area contributed by atoms with Crippen LogP contribution in [-0.2, 0) is 22.9 Å². The Bertz CT molecular complexity index is 859. The van der Waals surface area contributed by atoms with Gasteiger partial charge < -0.3 is 4.74 Å². The Labute approximate surface area is 144 Å². The molecule has 1 aliphatic heterocycles. The Hall–Kier alpha value is -1.85. The molecule has 0 atom stereocenters. The first-order valence-electron chi connectivity index (χ1n) is 8.15. The number of ether oxygens (including phenoxy) is 1. The van der Waals surface area contributed by atoms with E-state index < -0.39 is 10.0 Å². The molecule has 1 aliphatic rings. The molecule has 128 valence electrons. The minimum Gasteiger partial charge on any atom is -0.497 e. The van der Waals surface area contributed by atoms with Gasteiger partial charge in [-0.15, -0.1) is 0 Å². The predicted octanol–water partition coefficient (Wildman–Crippen LogP) is 3.10. The van der Waals surface area contributed by atoms with E-state index >= 15 is 0 Å². The first-order valence-corrected chi connectivity index (χ1v) is 9.59. The average Bonchev–Trinajstić information content (AvgIpc) is 2.79. The zero-order valence-electron chi connectivity index (χ0n) is 14.4. The summed E-state index contributed by atoms with van der Waals surface area (Å²) in [5.74, 6) is 0.819. The van der Waals surface area contributed by atoms with Crippen molar-refractivity contribution in [1.29, 1.82) is 0 Å². The van der Waals surface area contributed by atoms with Crippen molar-refractivity contribution in [2.75, 3.05) is 20.2 Å². The van der Waals surface area contributed by atoms with Crippen molar-refractivity contribution in [2.24, 2.45) is 0 Å². The summed E-state index contributed by atoms with van der Waals surface area (Å²) in [5, 5.41) is 0. The van der Waals surface area contributed by atoms with Gasteiger partial charge in [-0.3, -0.25) is 0 Å². The van der Waals surface area contributed by atoms with Crippen LogP contribution in [0.4, 0.5) is 0 Å². The highest BCUT2D eigenvalue weighted by molar-refractivity contribution is 7.89. The molecule has 5 heteroatoms. The molecule has 0 bridgehead atoms. The number of fused-ring (bicyclic) bond motifs is 1. The molecule has 0 saturated carbocycles. The number of aryl methyl sites for hydroxylation is 1. The lowest BCUT2D eigenvalue weighted by Crippen LogP contribution is -2.33. The molecule has 0 fully saturated rings. The monoisotopic (exact) mass is 345 g/mol. The molecule has 2 aromatic carbocycles. The Morgan fingerprint density at radius 3 is 2.42 bits per heavy atom. The van der Waals surface area contributed by atoms with Crippen molar-refractivity contribution in [3.63, 3.8) is 0 Å². The van der Waals surface area contributed by atoms with Crippen LogP contribution in [0, 0.1) is 13.8 Å². The van der Waals surface area contributed by atoms with E-state index in [0.717, 1.165) is 23.3 Å². The highest BCUT2D eigenvalue weighted by Crippen LogP contribution is 2.26. The van der Waals surface area contributed by atoms with E-state index in [4.69, 9.17) is 4.74 Å². The standard InChI is InChI=1S/C19H23NO3S/c1-14-5-4-6-19(15(14)2)24(21,22)20-11-9-16-7-8-18(23-3)13-17(16)10-12-20/h4-8,13H,9-12H2,1-3H3. The summed E-state index contributed by atoms with van der Waals surface area (Å²) in [7, 11) is -1.82. The fourth-order valence-corrected chi connectivity index (χ4v) is 4.93. The van der Waals surface area contributed by atoms with E-state index in [1.807, 2.05) is 44.2 Å². The number of hydrogen-bond acceptors (Lipinski definition) is 3. The van der Waals surface area contributed by atoms with Crippen molar-refractivity contribution in [3.05, 3.63) is 58.7 Å². The van der Waals surface area contributed by atoms with Gasteiger partial charge in [0.2, 0.25) is 10.0 Å². The number of methoxy groups -OCH3 is 1. The van der Waals surface area contributed by atoms with Crippen LogP contribution in [0.1, 0.15) is 22.3 Å². The molecule has 0 saturated heterocycles. The molecule has 0 spiro atoms. The molecule has 0 aromatic heterocycles. The normalized spacial score (nSPS) is 15.6. The van der Waals surface area contributed by atoms with Crippen LogP contribution in [0.3, 0.4) is 0 Å². The van der Waals surface area contributed by atoms with Crippen molar-refractivity contribution in [2.45, 2.75) is 31.6 Å². The number of nitrogens with zero attached hydrogens (tertiary/aromatic N) is 1. The maximum absolute atomic E-state index is 13.1. The van der Waals surface area contributed by atoms with Gasteiger partial charge in [-0.2, -0.15) is 4.31 Å². The third-order valence-electron chi connectivity index (χ3n) is 4.85. The van der Waals surface area contributed by atoms with E-state index in [0.29, 0.717) is 24.4 Å². The lowest BCUT2D eigenvalue weighted by atomic mass is 10.0. The Kier molecular flexibility index (Phi) is 4.65. The van der Waals surface area contributed by atoms with Crippen LogP contribution < -0.4 is 4.74 Å². The molecule has 4 nitrogen and oxygen atoms in total. The SMILES string of the molecule is COc1ccc2c(c1)CCN(S(=O)(=O)c1cccc(C)c1C)CC2. The Balaban J connectivity index is 1.90. The molecule has 0 unspecified atom stereocenters. The van der Waals surface area contributed by atoms with Crippen molar-refractivity contribution in [3.8, 4) is 5.75 Å². The third kappa shape index (κ3) is 3.06. The van der Waals surface area contributed by atoms with Gasteiger partial charge in [-0.25, -0.2) is 8.42 Å². The summed E-state index contributed by atoms with van der Waals surface area (Å²) in [6.07, 6.45) is 1.43. The van der Waals surface area contributed by atoms with Crippen molar-refractivity contribution >= 4 is 10.0 Å². The minimum absolute atomic E-state index is 0.422. The fraction of sp³-hybridized carbons (Fsp3) is 0.368. The largest absolute Gasteiger partial charge is 0.497 e. The Morgan fingerprint density at radius 2 is 1.71 bits per heavy atom. The summed E-state index contributed by atoms with van der Waals surface area (Å²) in [5.41, 5.74) is 4.21. The van der Waals surface area contributed by atoms with E-state index in [1.165, 1.54) is 11.1 Å². The quantitative estimate of drug-likeness (QED) is 0.859. The maximum atomic E-state index is 13.1. The predicted molar refractivity (Wildman–Crippen MR) is 95.1 cm³/mol. The van der Waals surface area contributed by atoms with Crippen LogP contribution in [-0.4, -0.2) is 32.9 Å². The van der Waals surface area contributed by atoms with Crippen LogP contribution in [0.5, 0.6) is 5.75 Å². The lowest BCUT2D eigenvalue weighted by Gasteiger charge is -2.21.